The molecule has 0 aromatic heterocycles. The molecular weight excluding hydrogens is 220 g/mol. The van der Waals surface area contributed by atoms with Crippen molar-refractivity contribution >= 4 is 17.6 Å². The highest BCUT2D eigenvalue weighted by molar-refractivity contribution is 6.32. The highest BCUT2D eigenvalue weighted by atomic mass is 35.5. The van der Waals surface area contributed by atoms with Crippen molar-refractivity contribution < 1.29 is 19.4 Å². The zero-order chi connectivity index (χ0) is 11.0. The summed E-state index contributed by atoms with van der Waals surface area (Å²) < 4.78 is 10.4. The molecule has 5 heteroatoms. The van der Waals surface area contributed by atoms with Gasteiger partial charge >= 0.3 is 5.97 Å². The van der Waals surface area contributed by atoms with Crippen molar-refractivity contribution in [2.24, 2.45) is 0 Å². The van der Waals surface area contributed by atoms with E-state index in [4.69, 9.17) is 26.2 Å². The number of halogens is 1. The highest BCUT2D eigenvalue weighted by Crippen LogP contribution is 2.43. The lowest BCUT2D eigenvalue weighted by molar-refractivity contribution is -0.138. The number of fused-ring (bicyclic) bond motifs is 1. The van der Waals surface area contributed by atoms with Gasteiger partial charge in [0.05, 0.1) is 5.92 Å². The van der Waals surface area contributed by atoms with Crippen molar-refractivity contribution in [1.82, 2.24) is 0 Å². The van der Waals surface area contributed by atoms with Crippen molar-refractivity contribution in [1.29, 1.82) is 0 Å². The van der Waals surface area contributed by atoms with Gasteiger partial charge in [0.1, 0.15) is 0 Å². The molecule has 0 saturated carbocycles. The third kappa shape index (κ3) is 1.61. The van der Waals surface area contributed by atoms with E-state index < -0.39 is 11.9 Å². The van der Waals surface area contributed by atoms with Gasteiger partial charge in [-0.15, -0.1) is 0 Å². The van der Waals surface area contributed by atoms with Gasteiger partial charge in [-0.3, -0.25) is 4.79 Å². The average molecular weight is 229 g/mol. The molecule has 1 aromatic rings. The van der Waals surface area contributed by atoms with Gasteiger partial charge in [-0.05, 0) is 19.1 Å². The average Bonchev–Trinajstić information content (AvgIpc) is 2.64. The molecule has 0 radical (unpaired) electrons. The number of ether oxygens (including phenoxy) is 2. The van der Waals surface area contributed by atoms with Crippen LogP contribution in [0.5, 0.6) is 11.5 Å². The van der Waals surface area contributed by atoms with Crippen LogP contribution in [-0.2, 0) is 4.79 Å². The Kier molecular flexibility index (Phi) is 2.44. The van der Waals surface area contributed by atoms with Crippen molar-refractivity contribution in [2.75, 3.05) is 6.79 Å². The Labute approximate surface area is 91.4 Å². The fourth-order valence-corrected chi connectivity index (χ4v) is 1.81. The van der Waals surface area contributed by atoms with Crippen LogP contribution in [0.15, 0.2) is 12.1 Å². The quantitative estimate of drug-likeness (QED) is 0.844. The molecule has 0 aliphatic carbocycles. The van der Waals surface area contributed by atoms with E-state index in [1.807, 2.05) is 0 Å². The van der Waals surface area contributed by atoms with Crippen LogP contribution in [-0.4, -0.2) is 17.9 Å². The van der Waals surface area contributed by atoms with Gasteiger partial charge in [-0.2, -0.15) is 0 Å². The van der Waals surface area contributed by atoms with Crippen LogP contribution < -0.4 is 9.47 Å². The second-order valence-corrected chi connectivity index (χ2v) is 3.66. The maximum Gasteiger partial charge on any atom is 0.310 e. The van der Waals surface area contributed by atoms with Crippen LogP contribution in [0.25, 0.3) is 0 Å². The van der Waals surface area contributed by atoms with Gasteiger partial charge in [-0.1, -0.05) is 11.6 Å². The van der Waals surface area contributed by atoms with Crippen molar-refractivity contribution in [2.45, 2.75) is 12.8 Å². The normalized spacial score (nSPS) is 15.1. The fraction of sp³-hybridized carbons (Fsp3) is 0.300. The van der Waals surface area contributed by atoms with E-state index in [1.165, 1.54) is 0 Å². The minimum Gasteiger partial charge on any atom is -0.481 e. The van der Waals surface area contributed by atoms with Gasteiger partial charge in [-0.25, -0.2) is 0 Å². The number of aliphatic carboxylic acids is 1. The largest absolute Gasteiger partial charge is 0.481 e. The van der Waals surface area contributed by atoms with Crippen LogP contribution >= 0.6 is 11.6 Å². The predicted octanol–water partition coefficient (Wildman–Crippen LogP) is 2.26. The van der Waals surface area contributed by atoms with E-state index in [0.29, 0.717) is 22.1 Å². The summed E-state index contributed by atoms with van der Waals surface area (Å²) in [4.78, 5) is 10.9. The number of hydrogen-bond acceptors (Lipinski definition) is 3. The van der Waals surface area contributed by atoms with E-state index in [9.17, 15) is 4.79 Å². The molecule has 1 unspecified atom stereocenters. The number of benzene rings is 1. The zero-order valence-electron chi connectivity index (χ0n) is 7.99. The first-order chi connectivity index (χ1) is 7.11. The molecule has 0 spiro atoms. The number of carboxylic acids is 1. The van der Waals surface area contributed by atoms with Crippen LogP contribution in [0.1, 0.15) is 18.4 Å². The SMILES string of the molecule is CC(C(=O)O)c1c(Cl)ccc2c1OCO2. The summed E-state index contributed by atoms with van der Waals surface area (Å²) in [6.45, 7) is 1.67. The highest BCUT2D eigenvalue weighted by Gasteiger charge is 2.27. The molecule has 2 rings (SSSR count). The molecule has 1 aromatic carbocycles. The summed E-state index contributed by atoms with van der Waals surface area (Å²) in [5.74, 6) is -0.671. The molecule has 0 amide bonds. The first-order valence-corrected chi connectivity index (χ1v) is 4.80. The Hall–Kier alpha value is -1.42. The summed E-state index contributed by atoms with van der Waals surface area (Å²) >= 11 is 5.95. The van der Waals surface area contributed by atoms with Crippen molar-refractivity contribution in [3.63, 3.8) is 0 Å². The topological polar surface area (TPSA) is 55.8 Å². The zero-order valence-corrected chi connectivity index (χ0v) is 8.75. The fourth-order valence-electron chi connectivity index (χ4n) is 1.50. The van der Waals surface area contributed by atoms with Gasteiger partial charge in [0, 0.05) is 10.6 Å². The molecule has 1 aliphatic rings. The second-order valence-electron chi connectivity index (χ2n) is 3.25. The Morgan fingerprint density at radius 3 is 2.93 bits per heavy atom. The third-order valence-electron chi connectivity index (χ3n) is 2.33. The molecule has 1 aliphatic heterocycles. The number of hydrogen-bond donors (Lipinski definition) is 1. The predicted molar refractivity (Wildman–Crippen MR) is 53.6 cm³/mol. The maximum absolute atomic E-state index is 10.9. The van der Waals surface area contributed by atoms with E-state index in [1.54, 1.807) is 19.1 Å². The number of carbonyl (C=O) groups is 1. The monoisotopic (exact) mass is 228 g/mol. The molecular formula is C10H9ClO4. The van der Waals surface area contributed by atoms with Gasteiger partial charge in [0.25, 0.3) is 0 Å². The smallest absolute Gasteiger partial charge is 0.310 e. The van der Waals surface area contributed by atoms with Crippen LogP contribution in [0.4, 0.5) is 0 Å². The number of rotatable bonds is 2. The summed E-state index contributed by atoms with van der Waals surface area (Å²) in [7, 11) is 0. The van der Waals surface area contributed by atoms with Crippen LogP contribution in [0.3, 0.4) is 0 Å². The molecule has 1 N–H and O–H groups in total. The van der Waals surface area contributed by atoms with Gasteiger partial charge in [0.15, 0.2) is 11.5 Å². The summed E-state index contributed by atoms with van der Waals surface area (Å²) in [5, 5.41) is 9.32. The molecule has 0 saturated heterocycles. The lowest BCUT2D eigenvalue weighted by Crippen LogP contribution is -2.09. The van der Waals surface area contributed by atoms with E-state index >= 15 is 0 Å². The Morgan fingerprint density at radius 1 is 1.53 bits per heavy atom. The molecule has 0 bridgehead atoms. The van der Waals surface area contributed by atoms with Gasteiger partial charge in [0.2, 0.25) is 6.79 Å². The summed E-state index contributed by atoms with van der Waals surface area (Å²) in [5.41, 5.74) is 0.471. The van der Waals surface area contributed by atoms with Crippen molar-refractivity contribution in [3.05, 3.63) is 22.7 Å². The minimum atomic E-state index is -0.944. The van der Waals surface area contributed by atoms with Crippen LogP contribution in [0, 0.1) is 0 Å². The molecule has 1 atom stereocenters. The summed E-state index contributed by atoms with van der Waals surface area (Å²) in [6.07, 6.45) is 0. The molecule has 0 fully saturated rings. The Balaban J connectivity index is 2.54. The third-order valence-corrected chi connectivity index (χ3v) is 2.66. The molecule has 1 heterocycles. The summed E-state index contributed by atoms with van der Waals surface area (Å²) in [6, 6.07) is 3.28. The first kappa shape index (κ1) is 10.1. The van der Waals surface area contributed by atoms with E-state index in [-0.39, 0.29) is 6.79 Å². The Bertz CT molecular complexity index is 416. The number of carboxylic acid groups (broad SMARTS) is 1. The standard InChI is InChI=1S/C10H9ClO4/c1-5(10(12)13)8-6(11)2-3-7-9(8)15-4-14-7/h2-3,5H,4H2,1H3,(H,12,13). The van der Waals surface area contributed by atoms with Gasteiger partial charge < -0.3 is 14.6 Å². The Morgan fingerprint density at radius 2 is 2.27 bits per heavy atom. The maximum atomic E-state index is 10.9. The van der Waals surface area contributed by atoms with Crippen LogP contribution in [0.2, 0.25) is 5.02 Å². The molecule has 4 nitrogen and oxygen atoms in total. The van der Waals surface area contributed by atoms with E-state index in [0.717, 1.165) is 0 Å². The molecule has 80 valence electrons. The lowest BCUT2D eigenvalue weighted by atomic mass is 10.00. The van der Waals surface area contributed by atoms with E-state index in [2.05, 4.69) is 0 Å². The minimum absolute atomic E-state index is 0.106. The second kappa shape index (κ2) is 3.62. The van der Waals surface area contributed by atoms with Crippen molar-refractivity contribution in [3.8, 4) is 11.5 Å². The molecule has 15 heavy (non-hydrogen) atoms. The lowest BCUT2D eigenvalue weighted by Gasteiger charge is -2.11. The first-order valence-electron chi connectivity index (χ1n) is 4.42.